The van der Waals surface area contributed by atoms with Gasteiger partial charge in [-0.2, -0.15) is 0 Å². The maximum atomic E-state index is 10.1. The first kappa shape index (κ1) is 11.4. The second kappa shape index (κ2) is 5.30. The highest BCUT2D eigenvalue weighted by molar-refractivity contribution is 7.16. The fraction of sp³-hybridized carbons (Fsp3) is 0.500. The second-order valence-corrected chi connectivity index (χ2v) is 5.17. The van der Waals surface area contributed by atoms with Gasteiger partial charge in [0.15, 0.2) is 0 Å². The van der Waals surface area contributed by atoms with Crippen molar-refractivity contribution in [3.63, 3.8) is 0 Å². The van der Waals surface area contributed by atoms with E-state index in [0.29, 0.717) is 12.5 Å². The van der Waals surface area contributed by atoms with Crippen molar-refractivity contribution in [2.45, 2.75) is 19.8 Å². The standard InChI is InChI=1S/C10H12ClNOS/c1-7(2)8(5-12-6-13)9-3-4-10(11)14-9/h3-4,7-8H,5H2,1-2H3. The molecule has 0 bridgehead atoms. The lowest BCUT2D eigenvalue weighted by Gasteiger charge is -2.15. The van der Waals surface area contributed by atoms with Crippen LogP contribution in [0.3, 0.4) is 0 Å². The predicted molar refractivity (Wildman–Crippen MR) is 59.9 cm³/mol. The molecule has 1 atom stereocenters. The number of aliphatic imine (C=N–C) groups is 1. The summed E-state index contributed by atoms with van der Waals surface area (Å²) >= 11 is 7.40. The monoisotopic (exact) mass is 229 g/mol. The third-order valence-corrected chi connectivity index (χ3v) is 3.48. The van der Waals surface area contributed by atoms with E-state index in [-0.39, 0.29) is 5.92 Å². The van der Waals surface area contributed by atoms with Crippen LogP contribution in [0.2, 0.25) is 4.34 Å². The molecule has 14 heavy (non-hydrogen) atoms. The number of halogens is 1. The molecule has 0 amide bonds. The summed E-state index contributed by atoms with van der Waals surface area (Å²) < 4.78 is 0.778. The van der Waals surface area contributed by atoms with Gasteiger partial charge < -0.3 is 0 Å². The lowest BCUT2D eigenvalue weighted by atomic mass is 9.94. The SMILES string of the molecule is CC(C)C(CN=C=O)c1ccc(Cl)s1. The molecule has 0 aliphatic carbocycles. The number of isocyanates is 1. The van der Waals surface area contributed by atoms with Crippen LogP contribution in [-0.4, -0.2) is 12.6 Å². The van der Waals surface area contributed by atoms with Crippen LogP contribution in [0, 0.1) is 5.92 Å². The summed E-state index contributed by atoms with van der Waals surface area (Å²) in [6.45, 7) is 4.72. The Morgan fingerprint density at radius 1 is 1.57 bits per heavy atom. The van der Waals surface area contributed by atoms with Crippen LogP contribution in [0.15, 0.2) is 17.1 Å². The van der Waals surface area contributed by atoms with Gasteiger partial charge >= 0.3 is 0 Å². The average Bonchev–Trinajstić information content (AvgIpc) is 2.52. The molecule has 0 aromatic carbocycles. The minimum Gasteiger partial charge on any atom is -0.211 e. The van der Waals surface area contributed by atoms with Gasteiger partial charge in [0.1, 0.15) is 0 Å². The van der Waals surface area contributed by atoms with Crippen molar-refractivity contribution >= 4 is 29.0 Å². The first-order chi connectivity index (χ1) is 6.65. The van der Waals surface area contributed by atoms with E-state index in [1.54, 1.807) is 17.4 Å². The highest BCUT2D eigenvalue weighted by atomic mass is 35.5. The smallest absolute Gasteiger partial charge is 0.211 e. The highest BCUT2D eigenvalue weighted by Gasteiger charge is 2.17. The Hall–Kier alpha value is -0.630. The van der Waals surface area contributed by atoms with Gasteiger partial charge in [0.25, 0.3) is 0 Å². The summed E-state index contributed by atoms with van der Waals surface area (Å²) in [4.78, 5) is 14.9. The Bertz CT molecular complexity index is 342. The summed E-state index contributed by atoms with van der Waals surface area (Å²) in [7, 11) is 0. The summed E-state index contributed by atoms with van der Waals surface area (Å²) in [5.74, 6) is 0.718. The van der Waals surface area contributed by atoms with E-state index < -0.39 is 0 Å². The molecule has 76 valence electrons. The van der Waals surface area contributed by atoms with Gasteiger partial charge in [0, 0.05) is 10.8 Å². The van der Waals surface area contributed by atoms with Crippen LogP contribution < -0.4 is 0 Å². The van der Waals surface area contributed by atoms with Crippen molar-refractivity contribution in [3.05, 3.63) is 21.3 Å². The van der Waals surface area contributed by atoms with Crippen LogP contribution in [0.25, 0.3) is 0 Å². The minimum absolute atomic E-state index is 0.272. The van der Waals surface area contributed by atoms with Crippen LogP contribution in [-0.2, 0) is 4.79 Å². The Labute approximate surface area is 92.6 Å². The first-order valence-electron chi connectivity index (χ1n) is 4.44. The molecule has 1 rings (SSSR count). The molecule has 1 aromatic heterocycles. The number of nitrogens with zero attached hydrogens (tertiary/aromatic N) is 1. The summed E-state index contributed by atoms with van der Waals surface area (Å²) in [6, 6.07) is 3.87. The minimum atomic E-state index is 0.272. The molecule has 1 unspecified atom stereocenters. The zero-order chi connectivity index (χ0) is 10.6. The number of carbonyl (C=O) groups excluding carboxylic acids is 1. The van der Waals surface area contributed by atoms with Crippen molar-refractivity contribution in [1.82, 2.24) is 0 Å². The topological polar surface area (TPSA) is 29.4 Å². The Kier molecular flexibility index (Phi) is 4.33. The third kappa shape index (κ3) is 2.95. The quantitative estimate of drug-likeness (QED) is 0.574. The molecule has 0 saturated carbocycles. The molecule has 1 heterocycles. The highest BCUT2D eigenvalue weighted by Crippen LogP contribution is 2.32. The maximum absolute atomic E-state index is 10.1. The molecule has 0 N–H and O–H groups in total. The fourth-order valence-electron chi connectivity index (χ4n) is 1.29. The van der Waals surface area contributed by atoms with Gasteiger partial charge in [-0.1, -0.05) is 25.4 Å². The molecule has 0 aliphatic heterocycles. The zero-order valence-corrected chi connectivity index (χ0v) is 9.73. The van der Waals surface area contributed by atoms with Crippen molar-refractivity contribution in [2.24, 2.45) is 10.9 Å². The van der Waals surface area contributed by atoms with Gasteiger partial charge in [-0.05, 0) is 18.1 Å². The normalized spacial score (nSPS) is 12.6. The molecule has 0 fully saturated rings. The Morgan fingerprint density at radius 2 is 2.29 bits per heavy atom. The molecule has 0 aliphatic rings. The number of hydrogen-bond donors (Lipinski definition) is 0. The zero-order valence-electron chi connectivity index (χ0n) is 8.16. The van der Waals surface area contributed by atoms with Crippen LogP contribution in [0.5, 0.6) is 0 Å². The molecular weight excluding hydrogens is 218 g/mol. The van der Waals surface area contributed by atoms with Crippen molar-refractivity contribution < 1.29 is 4.79 Å². The van der Waals surface area contributed by atoms with E-state index >= 15 is 0 Å². The predicted octanol–water partition coefficient (Wildman–Crippen LogP) is 3.48. The van der Waals surface area contributed by atoms with Crippen molar-refractivity contribution in [2.75, 3.05) is 6.54 Å². The van der Waals surface area contributed by atoms with E-state index in [9.17, 15) is 4.79 Å². The molecule has 0 saturated heterocycles. The van der Waals surface area contributed by atoms with Crippen LogP contribution in [0.1, 0.15) is 24.6 Å². The summed E-state index contributed by atoms with van der Waals surface area (Å²) in [5.41, 5.74) is 0. The van der Waals surface area contributed by atoms with Gasteiger partial charge in [0.05, 0.1) is 10.9 Å². The van der Waals surface area contributed by atoms with Gasteiger partial charge in [0.2, 0.25) is 6.08 Å². The second-order valence-electron chi connectivity index (χ2n) is 3.42. The lowest BCUT2D eigenvalue weighted by Crippen LogP contribution is -2.08. The Balaban J connectivity index is 2.82. The molecule has 2 nitrogen and oxygen atoms in total. The van der Waals surface area contributed by atoms with Gasteiger partial charge in [-0.15, -0.1) is 11.3 Å². The summed E-state index contributed by atoms with van der Waals surface area (Å²) in [5, 5.41) is 0. The first-order valence-corrected chi connectivity index (χ1v) is 5.63. The largest absolute Gasteiger partial charge is 0.234 e. The molecule has 1 aromatic rings. The Morgan fingerprint density at radius 3 is 2.71 bits per heavy atom. The lowest BCUT2D eigenvalue weighted by molar-refractivity contribution is 0.508. The van der Waals surface area contributed by atoms with Crippen molar-refractivity contribution in [3.8, 4) is 0 Å². The summed E-state index contributed by atoms with van der Waals surface area (Å²) in [6.07, 6.45) is 1.58. The van der Waals surface area contributed by atoms with Crippen molar-refractivity contribution in [1.29, 1.82) is 0 Å². The maximum Gasteiger partial charge on any atom is 0.234 e. The third-order valence-electron chi connectivity index (χ3n) is 2.12. The average molecular weight is 230 g/mol. The van der Waals surface area contributed by atoms with E-state index in [2.05, 4.69) is 18.8 Å². The van der Waals surface area contributed by atoms with E-state index in [4.69, 9.17) is 11.6 Å². The van der Waals surface area contributed by atoms with E-state index in [1.807, 2.05) is 12.1 Å². The van der Waals surface area contributed by atoms with E-state index in [0.717, 1.165) is 4.34 Å². The van der Waals surface area contributed by atoms with Crippen LogP contribution in [0.4, 0.5) is 0 Å². The van der Waals surface area contributed by atoms with Gasteiger partial charge in [-0.25, -0.2) is 9.79 Å². The van der Waals surface area contributed by atoms with Crippen LogP contribution >= 0.6 is 22.9 Å². The molecule has 4 heteroatoms. The number of hydrogen-bond acceptors (Lipinski definition) is 3. The van der Waals surface area contributed by atoms with E-state index in [1.165, 1.54) is 4.88 Å². The van der Waals surface area contributed by atoms with Gasteiger partial charge in [-0.3, -0.25) is 0 Å². The number of rotatable bonds is 4. The molecule has 0 radical (unpaired) electrons. The number of thiophene rings is 1. The fourth-order valence-corrected chi connectivity index (χ4v) is 2.62. The molecule has 0 spiro atoms. The molecular formula is C10H12ClNOS.